The zero-order valence-corrected chi connectivity index (χ0v) is 8.44. The minimum atomic E-state index is -1.01. The number of hydrogen-bond donors (Lipinski definition) is 0. The fourth-order valence-electron chi connectivity index (χ4n) is 1.08. The zero-order chi connectivity index (χ0) is 11.1. The van der Waals surface area contributed by atoms with Crippen molar-refractivity contribution >= 4 is 11.9 Å². The van der Waals surface area contributed by atoms with Crippen LogP contribution in [0.1, 0.15) is 13.3 Å². The van der Waals surface area contributed by atoms with Crippen molar-refractivity contribution in [2.75, 3.05) is 14.2 Å². The largest absolute Gasteiger partial charge is 0.468 e. The predicted octanol–water partition coefficient (Wildman–Crippen LogP) is 0.498. The lowest BCUT2D eigenvalue weighted by molar-refractivity contribution is -0.161. The van der Waals surface area contributed by atoms with Crippen LogP contribution in [-0.4, -0.2) is 26.2 Å². The second-order valence-electron chi connectivity index (χ2n) is 2.86. The summed E-state index contributed by atoms with van der Waals surface area (Å²) in [5.74, 6) is -2.75. The molecule has 0 aromatic heterocycles. The third kappa shape index (κ3) is 3.05. The number of esters is 2. The molecule has 5 heteroatoms. The topological polar surface area (TPSA) is 76.4 Å². The maximum Gasteiger partial charge on any atom is 0.320 e. The first kappa shape index (κ1) is 12.4. The SMILES string of the molecule is COC(=O)C(C(=O)OC)[C@@H](C)CC#N. The van der Waals surface area contributed by atoms with Gasteiger partial charge in [0.25, 0.3) is 0 Å². The quantitative estimate of drug-likeness (QED) is 0.486. The summed E-state index contributed by atoms with van der Waals surface area (Å²) in [6.45, 7) is 1.63. The number of ether oxygens (including phenoxy) is 2. The van der Waals surface area contributed by atoms with E-state index < -0.39 is 23.8 Å². The van der Waals surface area contributed by atoms with Crippen LogP contribution in [0.15, 0.2) is 0 Å². The van der Waals surface area contributed by atoms with Gasteiger partial charge in [0.2, 0.25) is 0 Å². The Hall–Kier alpha value is -1.57. The Morgan fingerprint density at radius 3 is 2.00 bits per heavy atom. The molecule has 14 heavy (non-hydrogen) atoms. The third-order valence-corrected chi connectivity index (χ3v) is 1.89. The first-order valence-electron chi connectivity index (χ1n) is 4.11. The van der Waals surface area contributed by atoms with Crippen LogP contribution in [0.2, 0.25) is 0 Å². The van der Waals surface area contributed by atoms with Crippen molar-refractivity contribution in [1.82, 2.24) is 0 Å². The molecule has 0 bridgehead atoms. The highest BCUT2D eigenvalue weighted by atomic mass is 16.5. The van der Waals surface area contributed by atoms with Gasteiger partial charge in [0, 0.05) is 6.42 Å². The summed E-state index contributed by atoms with van der Waals surface area (Å²) in [5.41, 5.74) is 0. The van der Waals surface area contributed by atoms with E-state index in [9.17, 15) is 9.59 Å². The summed E-state index contributed by atoms with van der Waals surface area (Å²) < 4.78 is 8.91. The van der Waals surface area contributed by atoms with Gasteiger partial charge in [0.1, 0.15) is 0 Å². The molecule has 0 amide bonds. The van der Waals surface area contributed by atoms with Crippen LogP contribution in [0.5, 0.6) is 0 Å². The van der Waals surface area contributed by atoms with Gasteiger partial charge in [-0.1, -0.05) is 6.92 Å². The van der Waals surface area contributed by atoms with Crippen molar-refractivity contribution in [2.45, 2.75) is 13.3 Å². The van der Waals surface area contributed by atoms with Gasteiger partial charge in [-0.05, 0) is 5.92 Å². The zero-order valence-electron chi connectivity index (χ0n) is 8.44. The molecule has 0 aromatic rings. The fourth-order valence-corrected chi connectivity index (χ4v) is 1.08. The van der Waals surface area contributed by atoms with Gasteiger partial charge in [-0.25, -0.2) is 0 Å². The lowest BCUT2D eigenvalue weighted by Crippen LogP contribution is -2.32. The Balaban J connectivity index is 4.64. The highest BCUT2D eigenvalue weighted by Gasteiger charge is 2.33. The number of hydrogen-bond acceptors (Lipinski definition) is 5. The number of carbonyl (C=O) groups excluding carboxylic acids is 2. The minimum absolute atomic E-state index is 0.106. The maximum absolute atomic E-state index is 11.2. The van der Waals surface area contributed by atoms with Gasteiger partial charge in [0.05, 0.1) is 20.3 Å². The van der Waals surface area contributed by atoms with Crippen LogP contribution < -0.4 is 0 Å². The molecular weight excluding hydrogens is 186 g/mol. The van der Waals surface area contributed by atoms with Crippen molar-refractivity contribution < 1.29 is 19.1 Å². The molecule has 0 spiro atoms. The summed E-state index contributed by atoms with van der Waals surface area (Å²) >= 11 is 0. The van der Waals surface area contributed by atoms with Gasteiger partial charge in [0.15, 0.2) is 5.92 Å². The van der Waals surface area contributed by atoms with E-state index in [-0.39, 0.29) is 6.42 Å². The average Bonchev–Trinajstić information content (AvgIpc) is 2.17. The van der Waals surface area contributed by atoms with E-state index in [0.29, 0.717) is 0 Å². The average molecular weight is 199 g/mol. The van der Waals surface area contributed by atoms with Crippen LogP contribution >= 0.6 is 0 Å². The summed E-state index contributed by atoms with van der Waals surface area (Å²) in [7, 11) is 2.38. The molecule has 0 unspecified atom stereocenters. The van der Waals surface area contributed by atoms with E-state index in [0.717, 1.165) is 0 Å². The van der Waals surface area contributed by atoms with Crippen molar-refractivity contribution in [3.05, 3.63) is 0 Å². The molecule has 0 saturated heterocycles. The van der Waals surface area contributed by atoms with Gasteiger partial charge < -0.3 is 9.47 Å². The van der Waals surface area contributed by atoms with E-state index in [2.05, 4.69) is 9.47 Å². The van der Waals surface area contributed by atoms with E-state index in [1.807, 2.05) is 6.07 Å². The number of methoxy groups -OCH3 is 2. The molecule has 0 aromatic carbocycles. The van der Waals surface area contributed by atoms with Crippen LogP contribution in [-0.2, 0) is 19.1 Å². The highest BCUT2D eigenvalue weighted by Crippen LogP contribution is 2.18. The molecule has 0 aliphatic carbocycles. The van der Waals surface area contributed by atoms with E-state index in [1.165, 1.54) is 14.2 Å². The smallest absolute Gasteiger partial charge is 0.320 e. The van der Waals surface area contributed by atoms with Crippen LogP contribution in [0.25, 0.3) is 0 Å². The normalized spacial score (nSPS) is 11.6. The number of nitriles is 1. The molecule has 0 rings (SSSR count). The molecule has 0 N–H and O–H groups in total. The summed E-state index contributed by atoms with van der Waals surface area (Å²) in [4.78, 5) is 22.4. The van der Waals surface area contributed by atoms with Crippen LogP contribution in [0.4, 0.5) is 0 Å². The Bertz CT molecular complexity index is 240. The number of nitrogens with zero attached hydrogens (tertiary/aromatic N) is 1. The van der Waals surface area contributed by atoms with Crippen LogP contribution in [0.3, 0.4) is 0 Å². The first-order valence-corrected chi connectivity index (χ1v) is 4.11. The fraction of sp³-hybridized carbons (Fsp3) is 0.667. The lowest BCUT2D eigenvalue weighted by Gasteiger charge is -2.16. The molecule has 1 atom stereocenters. The van der Waals surface area contributed by atoms with E-state index in [4.69, 9.17) is 5.26 Å². The summed E-state index contributed by atoms with van der Waals surface area (Å²) in [6.07, 6.45) is 0.106. The highest BCUT2D eigenvalue weighted by molar-refractivity contribution is 5.95. The van der Waals surface area contributed by atoms with Crippen LogP contribution in [0, 0.1) is 23.2 Å². The standard InChI is InChI=1S/C9H13NO4/c1-6(4-5-10)7(8(11)13-2)9(12)14-3/h6-7H,4H2,1-3H3/t6-/m0/s1. The van der Waals surface area contributed by atoms with Gasteiger partial charge >= 0.3 is 11.9 Å². The number of rotatable bonds is 4. The molecular formula is C9H13NO4. The molecule has 0 aliphatic rings. The molecule has 0 heterocycles. The molecule has 78 valence electrons. The number of carbonyl (C=O) groups is 2. The summed E-state index contributed by atoms with van der Waals surface area (Å²) in [5, 5.41) is 8.44. The van der Waals surface area contributed by atoms with Crippen molar-refractivity contribution in [2.24, 2.45) is 11.8 Å². The van der Waals surface area contributed by atoms with Gasteiger partial charge in [-0.2, -0.15) is 5.26 Å². The first-order chi connectivity index (χ1) is 6.58. The van der Waals surface area contributed by atoms with Crippen molar-refractivity contribution in [3.8, 4) is 6.07 Å². The molecule has 0 fully saturated rings. The monoisotopic (exact) mass is 199 g/mol. The molecule has 5 nitrogen and oxygen atoms in total. The third-order valence-electron chi connectivity index (χ3n) is 1.89. The van der Waals surface area contributed by atoms with Gasteiger partial charge in [-0.3, -0.25) is 9.59 Å². The van der Waals surface area contributed by atoms with E-state index in [1.54, 1.807) is 6.92 Å². The van der Waals surface area contributed by atoms with Gasteiger partial charge in [-0.15, -0.1) is 0 Å². The minimum Gasteiger partial charge on any atom is -0.468 e. The lowest BCUT2D eigenvalue weighted by atomic mass is 9.92. The second kappa shape index (κ2) is 5.97. The Labute approximate surface area is 82.6 Å². The molecule has 0 aliphatic heterocycles. The predicted molar refractivity (Wildman–Crippen MR) is 46.9 cm³/mol. The summed E-state index contributed by atoms with van der Waals surface area (Å²) in [6, 6.07) is 1.89. The van der Waals surface area contributed by atoms with Crippen molar-refractivity contribution in [3.63, 3.8) is 0 Å². The Morgan fingerprint density at radius 2 is 1.71 bits per heavy atom. The second-order valence-corrected chi connectivity index (χ2v) is 2.86. The van der Waals surface area contributed by atoms with E-state index >= 15 is 0 Å². The maximum atomic E-state index is 11.2. The Kier molecular flexibility index (Phi) is 5.30. The Morgan fingerprint density at radius 1 is 1.29 bits per heavy atom. The molecule has 0 radical (unpaired) electrons. The molecule has 0 saturated carbocycles. The van der Waals surface area contributed by atoms with Crippen molar-refractivity contribution in [1.29, 1.82) is 5.26 Å².